The summed E-state index contributed by atoms with van der Waals surface area (Å²) in [5.41, 5.74) is -1.16. The third-order valence-corrected chi connectivity index (χ3v) is 15.6. The van der Waals surface area contributed by atoms with Crippen LogP contribution < -0.4 is 9.47 Å². The molecular formula is C32H46O6S2. The number of carbonyl (C=O) groups is 1. The monoisotopic (exact) mass is 590 g/mol. The highest BCUT2D eigenvalue weighted by Gasteiger charge is 2.65. The third-order valence-electron chi connectivity index (χ3n) is 9.83. The summed E-state index contributed by atoms with van der Waals surface area (Å²) in [7, 11) is -6.11. The Balaban J connectivity index is 1.53. The van der Waals surface area contributed by atoms with Crippen LogP contribution in [0.5, 0.6) is 11.5 Å². The van der Waals surface area contributed by atoms with E-state index in [4.69, 9.17) is 13.1 Å². The van der Waals surface area contributed by atoms with E-state index in [-0.39, 0.29) is 22.9 Å². The smallest absolute Gasteiger partial charge is 0.277 e. The molecule has 1 saturated heterocycles. The van der Waals surface area contributed by atoms with E-state index in [1.54, 1.807) is 0 Å². The van der Waals surface area contributed by atoms with E-state index in [9.17, 15) is 13.2 Å². The Kier molecular flexibility index (Phi) is 8.53. The maximum atomic E-state index is 14.0. The maximum Gasteiger partial charge on any atom is 0.277 e. The van der Waals surface area contributed by atoms with Crippen molar-refractivity contribution in [1.82, 2.24) is 0 Å². The van der Waals surface area contributed by atoms with Gasteiger partial charge in [-0.3, -0.25) is 4.79 Å². The lowest BCUT2D eigenvalue weighted by molar-refractivity contribution is -0.128. The molecule has 2 aromatic carbocycles. The molecule has 5 rings (SSSR count). The van der Waals surface area contributed by atoms with E-state index >= 15 is 0 Å². The van der Waals surface area contributed by atoms with Gasteiger partial charge in [0.2, 0.25) is 0 Å². The van der Waals surface area contributed by atoms with Crippen molar-refractivity contribution in [2.24, 2.45) is 16.7 Å². The van der Waals surface area contributed by atoms with Crippen LogP contribution in [0, 0.1) is 16.7 Å². The number of ether oxygens (including phenoxy) is 2. The quantitative estimate of drug-likeness (QED) is 0.221. The van der Waals surface area contributed by atoms with Gasteiger partial charge < -0.3 is 9.47 Å². The van der Waals surface area contributed by atoms with E-state index < -0.39 is 25.8 Å². The lowest BCUT2D eigenvalue weighted by atomic mass is 9.70. The average Bonchev–Trinajstić information content (AvgIpc) is 3.51. The minimum absolute atomic E-state index is 0.101. The minimum Gasteiger partial charge on any atom is -0.494 e. The van der Waals surface area contributed by atoms with Gasteiger partial charge in [-0.25, -0.2) is 3.63 Å². The zero-order valence-electron chi connectivity index (χ0n) is 24.6. The van der Waals surface area contributed by atoms with E-state index in [0.29, 0.717) is 37.6 Å². The van der Waals surface area contributed by atoms with Crippen molar-refractivity contribution in [3.8, 4) is 11.5 Å². The summed E-state index contributed by atoms with van der Waals surface area (Å²) < 4.78 is 46.6. The Morgan fingerprint density at radius 1 is 0.950 bits per heavy atom. The van der Waals surface area contributed by atoms with Gasteiger partial charge in [0, 0.05) is 33.6 Å². The molecule has 0 radical (unpaired) electrons. The average molecular weight is 591 g/mol. The second-order valence-corrected chi connectivity index (χ2v) is 17.4. The van der Waals surface area contributed by atoms with Gasteiger partial charge >= 0.3 is 0 Å². The van der Waals surface area contributed by atoms with Gasteiger partial charge in [-0.2, -0.15) is 8.42 Å². The van der Waals surface area contributed by atoms with Crippen LogP contribution in [0.3, 0.4) is 0 Å². The Morgan fingerprint density at radius 3 is 2.27 bits per heavy atom. The van der Waals surface area contributed by atoms with Crippen molar-refractivity contribution in [1.29, 1.82) is 0 Å². The number of carbonyl (C=O) groups excluding carboxylic acids is 1. The number of Topliss-reactive ketones (excluding diaryl/α,β-unsaturated/α-hetero) is 1. The molecule has 2 aromatic rings. The summed E-state index contributed by atoms with van der Waals surface area (Å²) in [4.78, 5) is 14.1. The van der Waals surface area contributed by atoms with E-state index in [0.717, 1.165) is 72.1 Å². The number of ketones is 1. The molecule has 2 bridgehead atoms. The second kappa shape index (κ2) is 11.5. The molecule has 1 heterocycles. The Hall–Kier alpha value is -1.77. The molecule has 2 aliphatic carbocycles. The summed E-state index contributed by atoms with van der Waals surface area (Å²) in [5, 5.41) is 1.91. The molecular weight excluding hydrogens is 544 g/mol. The van der Waals surface area contributed by atoms with Gasteiger partial charge in [0.05, 0.1) is 24.4 Å². The fraction of sp³-hybridized carbons (Fsp3) is 0.656. The highest BCUT2D eigenvalue weighted by molar-refractivity contribution is 8.33. The Bertz CT molecular complexity index is 1340. The zero-order valence-corrected chi connectivity index (χ0v) is 26.3. The number of fused-ring (bicyclic) bond motifs is 3. The van der Waals surface area contributed by atoms with Crippen LogP contribution in [0.25, 0.3) is 10.8 Å². The molecule has 2 atom stereocenters. The maximum absolute atomic E-state index is 14.0. The van der Waals surface area contributed by atoms with Crippen LogP contribution in [0.1, 0.15) is 85.5 Å². The van der Waals surface area contributed by atoms with Gasteiger partial charge in [0.25, 0.3) is 10.1 Å². The van der Waals surface area contributed by atoms with Gasteiger partial charge in [0.15, 0.2) is 0 Å². The summed E-state index contributed by atoms with van der Waals surface area (Å²) >= 11 is 0. The standard InChI is InChI=1S/C32H46O6S2/c1-5-7-17-36-25-11-12-26-27(22-25)29(14-13-28(26)37-18-8-6-2)39(19-9-10-20-39)38-40(34,35)23-32-16-15-24(21-30(32)33)31(32,3)4/h11-14,22,24H,5-10,15-21,23H2,1-4H3. The first-order chi connectivity index (χ1) is 19.1. The van der Waals surface area contributed by atoms with Crippen LogP contribution >= 0.6 is 10.3 Å². The molecule has 0 amide bonds. The predicted octanol–water partition coefficient (Wildman–Crippen LogP) is 7.81. The molecule has 1 aliphatic heterocycles. The largest absolute Gasteiger partial charge is 0.494 e. The highest BCUT2D eigenvalue weighted by atomic mass is 32.3. The first-order valence-electron chi connectivity index (χ1n) is 15.2. The number of hydrogen-bond donors (Lipinski definition) is 0. The molecule has 6 nitrogen and oxygen atoms in total. The van der Waals surface area contributed by atoms with E-state index in [1.807, 2.05) is 30.3 Å². The molecule has 2 saturated carbocycles. The number of unbranched alkanes of at least 4 members (excludes halogenated alkanes) is 2. The lowest BCUT2D eigenvalue weighted by Gasteiger charge is -2.39. The van der Waals surface area contributed by atoms with Crippen LogP contribution in [0.2, 0.25) is 0 Å². The van der Waals surface area contributed by atoms with Crippen molar-refractivity contribution in [3.05, 3.63) is 30.3 Å². The fourth-order valence-corrected chi connectivity index (χ4v) is 14.0. The molecule has 0 aromatic heterocycles. The first kappa shape index (κ1) is 29.7. The second-order valence-electron chi connectivity index (χ2n) is 12.5. The van der Waals surface area contributed by atoms with Crippen molar-refractivity contribution >= 4 is 37.0 Å². The highest BCUT2D eigenvalue weighted by Crippen LogP contribution is 2.67. The third kappa shape index (κ3) is 5.29. The van der Waals surface area contributed by atoms with Crippen LogP contribution in [-0.2, 0) is 18.5 Å². The van der Waals surface area contributed by atoms with E-state index in [1.165, 1.54) is 0 Å². The van der Waals surface area contributed by atoms with Gasteiger partial charge in [-0.15, -0.1) is 0 Å². The Labute approximate surface area is 242 Å². The number of benzene rings is 2. The normalized spacial score (nSPS) is 25.9. The van der Waals surface area contributed by atoms with Crippen molar-refractivity contribution in [3.63, 3.8) is 0 Å². The van der Waals surface area contributed by atoms with E-state index in [2.05, 4.69) is 27.7 Å². The van der Waals surface area contributed by atoms with Gasteiger partial charge in [0.1, 0.15) is 17.3 Å². The summed E-state index contributed by atoms with van der Waals surface area (Å²) in [6.07, 6.45) is 7.93. The minimum atomic E-state index is -3.97. The molecule has 8 heteroatoms. The number of rotatable bonds is 13. The molecule has 2 unspecified atom stereocenters. The van der Waals surface area contributed by atoms with Crippen LogP contribution in [0.4, 0.5) is 0 Å². The van der Waals surface area contributed by atoms with Gasteiger partial charge in [-0.1, -0.05) is 50.8 Å². The number of hydrogen-bond acceptors (Lipinski definition) is 6. The molecule has 3 aliphatic rings. The molecule has 3 fully saturated rings. The SMILES string of the molecule is CCCCOc1ccc2c(OCCCC)ccc(S3(OS(=O)(=O)CC45CCC(CC4=O)C5(C)C)CCCC3)c2c1. The lowest BCUT2D eigenvalue weighted by Crippen LogP contribution is -2.42. The molecule has 0 spiro atoms. The first-order valence-corrected chi connectivity index (χ1v) is 18.6. The summed E-state index contributed by atoms with van der Waals surface area (Å²) in [5.74, 6) is 3.13. The Morgan fingerprint density at radius 2 is 1.65 bits per heavy atom. The topological polar surface area (TPSA) is 78.9 Å². The molecule has 222 valence electrons. The van der Waals surface area contributed by atoms with Crippen molar-refractivity contribution < 1.29 is 26.3 Å². The van der Waals surface area contributed by atoms with Gasteiger partial charge in [-0.05, 0) is 80.2 Å². The molecule has 40 heavy (non-hydrogen) atoms. The predicted molar refractivity (Wildman–Crippen MR) is 163 cm³/mol. The van der Waals surface area contributed by atoms with Crippen molar-refractivity contribution in [2.75, 3.05) is 30.5 Å². The van der Waals surface area contributed by atoms with Crippen molar-refractivity contribution in [2.45, 2.75) is 90.4 Å². The zero-order chi connectivity index (χ0) is 28.6. The summed E-state index contributed by atoms with van der Waals surface area (Å²) in [6.45, 7) is 9.71. The molecule has 0 N–H and O–H groups in total. The van der Waals surface area contributed by atoms with Crippen LogP contribution in [-0.4, -0.2) is 44.7 Å². The summed E-state index contributed by atoms with van der Waals surface area (Å²) in [6, 6.07) is 10.1. The fourth-order valence-electron chi connectivity index (χ4n) is 7.20. The van der Waals surface area contributed by atoms with Crippen LogP contribution in [0.15, 0.2) is 35.2 Å².